The summed E-state index contributed by atoms with van der Waals surface area (Å²) in [7, 11) is -2.97. The Morgan fingerprint density at radius 2 is 1.88 bits per heavy atom. The molecule has 0 aliphatic carbocycles. The number of hydrogen-bond donors (Lipinski definition) is 0. The van der Waals surface area contributed by atoms with Gasteiger partial charge in [-0.05, 0) is 31.4 Å². The van der Waals surface area contributed by atoms with E-state index in [9.17, 15) is 13.2 Å². The predicted molar refractivity (Wildman–Crippen MR) is 69.2 cm³/mol. The van der Waals surface area contributed by atoms with Crippen molar-refractivity contribution in [3.8, 4) is 0 Å². The molecule has 17 heavy (non-hydrogen) atoms. The van der Waals surface area contributed by atoms with E-state index in [1.165, 1.54) is 6.26 Å². The first-order valence-corrected chi connectivity index (χ1v) is 7.64. The highest BCUT2D eigenvalue weighted by Crippen LogP contribution is 2.15. The van der Waals surface area contributed by atoms with Gasteiger partial charge in [-0.25, -0.2) is 8.42 Å². The van der Waals surface area contributed by atoms with Crippen molar-refractivity contribution in [1.82, 2.24) is 0 Å². The van der Waals surface area contributed by atoms with Crippen molar-refractivity contribution in [2.75, 3.05) is 12.0 Å². The molecule has 0 amide bonds. The van der Waals surface area contributed by atoms with Gasteiger partial charge in [-0.15, -0.1) is 0 Å². The van der Waals surface area contributed by atoms with Gasteiger partial charge in [-0.3, -0.25) is 4.79 Å². The number of sulfone groups is 1. The van der Waals surface area contributed by atoms with Crippen LogP contribution < -0.4 is 0 Å². The Labute approximate surface area is 103 Å². The summed E-state index contributed by atoms with van der Waals surface area (Å²) >= 11 is 0. The summed E-state index contributed by atoms with van der Waals surface area (Å²) in [5.41, 5.74) is 2.77. The van der Waals surface area contributed by atoms with E-state index in [0.29, 0.717) is 12.0 Å². The van der Waals surface area contributed by atoms with E-state index in [4.69, 9.17) is 0 Å². The van der Waals surface area contributed by atoms with Gasteiger partial charge >= 0.3 is 0 Å². The third-order valence-electron chi connectivity index (χ3n) is 2.82. The predicted octanol–water partition coefficient (Wildman–Crippen LogP) is 2.31. The summed E-state index contributed by atoms with van der Waals surface area (Å²) in [4.78, 5) is 11.9. The number of carbonyl (C=O) groups excluding carboxylic acids is 1. The van der Waals surface area contributed by atoms with Crippen molar-refractivity contribution in [2.45, 2.75) is 26.7 Å². The third kappa shape index (κ3) is 4.30. The molecule has 0 bridgehead atoms. The van der Waals surface area contributed by atoms with E-state index in [1.54, 1.807) is 6.07 Å². The van der Waals surface area contributed by atoms with Gasteiger partial charge in [-0.1, -0.05) is 18.2 Å². The molecule has 0 saturated heterocycles. The van der Waals surface area contributed by atoms with Gasteiger partial charge in [0.05, 0.1) is 5.75 Å². The second-order valence-corrected chi connectivity index (χ2v) is 6.66. The van der Waals surface area contributed by atoms with Crippen molar-refractivity contribution in [2.24, 2.45) is 0 Å². The SMILES string of the molecule is Cc1cccc(C(=O)CCCS(C)(=O)=O)c1C. The van der Waals surface area contributed by atoms with Crippen molar-refractivity contribution in [3.63, 3.8) is 0 Å². The summed E-state index contributed by atoms with van der Waals surface area (Å²) in [5.74, 6) is 0.0960. The number of benzene rings is 1. The van der Waals surface area contributed by atoms with Crippen molar-refractivity contribution >= 4 is 15.6 Å². The van der Waals surface area contributed by atoms with Gasteiger partial charge in [0.15, 0.2) is 5.78 Å². The number of carbonyl (C=O) groups is 1. The molecular formula is C13H18O3S. The molecule has 0 fully saturated rings. The zero-order chi connectivity index (χ0) is 13.1. The minimum atomic E-state index is -2.97. The number of rotatable bonds is 5. The highest BCUT2D eigenvalue weighted by atomic mass is 32.2. The van der Waals surface area contributed by atoms with E-state index < -0.39 is 9.84 Å². The van der Waals surface area contributed by atoms with Crippen LogP contribution in [0.2, 0.25) is 0 Å². The second kappa shape index (κ2) is 5.45. The normalized spacial score (nSPS) is 11.5. The van der Waals surface area contributed by atoms with Crippen molar-refractivity contribution in [3.05, 3.63) is 34.9 Å². The molecular weight excluding hydrogens is 236 g/mol. The summed E-state index contributed by atoms with van der Waals surface area (Å²) in [6.45, 7) is 3.88. The minimum Gasteiger partial charge on any atom is -0.294 e. The Bertz CT molecular complexity index is 515. The molecule has 0 saturated carbocycles. The summed E-state index contributed by atoms with van der Waals surface area (Å²) in [6, 6.07) is 5.61. The van der Waals surface area contributed by atoms with Crippen LogP contribution >= 0.6 is 0 Å². The lowest BCUT2D eigenvalue weighted by Crippen LogP contribution is -2.08. The molecule has 0 aromatic heterocycles. The molecule has 94 valence electrons. The topological polar surface area (TPSA) is 51.2 Å². The highest BCUT2D eigenvalue weighted by molar-refractivity contribution is 7.90. The average Bonchev–Trinajstić information content (AvgIpc) is 2.20. The number of ketones is 1. The summed E-state index contributed by atoms with van der Waals surface area (Å²) < 4.78 is 21.9. The Hall–Kier alpha value is -1.16. The lowest BCUT2D eigenvalue weighted by atomic mass is 9.98. The van der Waals surface area contributed by atoms with E-state index in [-0.39, 0.29) is 18.0 Å². The van der Waals surface area contributed by atoms with Gasteiger partial charge in [0.2, 0.25) is 0 Å². The number of hydrogen-bond acceptors (Lipinski definition) is 3. The van der Waals surface area contributed by atoms with Crippen LogP contribution in [0.15, 0.2) is 18.2 Å². The molecule has 0 spiro atoms. The Morgan fingerprint density at radius 3 is 2.47 bits per heavy atom. The standard InChI is InChI=1S/C13H18O3S/c1-10-6-4-7-12(11(10)2)13(14)8-5-9-17(3,15)16/h4,6-7H,5,8-9H2,1-3H3. The minimum absolute atomic E-state index is 0.0230. The van der Waals surface area contributed by atoms with Crippen LogP contribution in [0.1, 0.15) is 34.3 Å². The fraction of sp³-hybridized carbons (Fsp3) is 0.462. The van der Waals surface area contributed by atoms with E-state index in [0.717, 1.165) is 11.1 Å². The van der Waals surface area contributed by atoms with Crippen LogP contribution in [0.5, 0.6) is 0 Å². The molecule has 4 heteroatoms. The Kier molecular flexibility index (Phi) is 4.46. The number of aryl methyl sites for hydroxylation is 1. The zero-order valence-electron chi connectivity index (χ0n) is 10.5. The molecule has 0 radical (unpaired) electrons. The molecule has 0 heterocycles. The molecule has 0 aliphatic heterocycles. The fourth-order valence-corrected chi connectivity index (χ4v) is 2.35. The summed E-state index contributed by atoms with van der Waals surface area (Å²) in [6.07, 6.45) is 1.87. The maximum absolute atomic E-state index is 11.9. The fourth-order valence-electron chi connectivity index (χ4n) is 1.68. The Balaban J connectivity index is 2.68. The monoisotopic (exact) mass is 254 g/mol. The maximum Gasteiger partial charge on any atom is 0.163 e. The largest absolute Gasteiger partial charge is 0.294 e. The summed E-state index contributed by atoms with van der Waals surface area (Å²) in [5, 5.41) is 0. The quantitative estimate of drug-likeness (QED) is 0.758. The van der Waals surface area contributed by atoms with E-state index in [2.05, 4.69) is 0 Å². The first kappa shape index (κ1) is 13.9. The van der Waals surface area contributed by atoms with Crippen molar-refractivity contribution < 1.29 is 13.2 Å². The van der Waals surface area contributed by atoms with Crippen molar-refractivity contribution in [1.29, 1.82) is 0 Å². The first-order valence-electron chi connectivity index (χ1n) is 5.58. The average molecular weight is 254 g/mol. The van der Waals surface area contributed by atoms with Gasteiger partial charge < -0.3 is 0 Å². The van der Waals surface area contributed by atoms with Crippen LogP contribution in [0.25, 0.3) is 0 Å². The molecule has 1 aromatic rings. The third-order valence-corrected chi connectivity index (χ3v) is 3.85. The molecule has 0 atom stereocenters. The highest BCUT2D eigenvalue weighted by Gasteiger charge is 2.11. The van der Waals surface area contributed by atoms with Crippen LogP contribution in [0.3, 0.4) is 0 Å². The lowest BCUT2D eigenvalue weighted by Gasteiger charge is -2.07. The number of Topliss-reactive ketones (excluding diaryl/α,β-unsaturated/α-hetero) is 1. The van der Waals surface area contributed by atoms with Crippen LogP contribution in [0.4, 0.5) is 0 Å². The van der Waals surface area contributed by atoms with Crippen LogP contribution in [-0.2, 0) is 9.84 Å². The lowest BCUT2D eigenvalue weighted by molar-refractivity contribution is 0.0981. The molecule has 0 N–H and O–H groups in total. The van der Waals surface area contributed by atoms with Gasteiger partial charge in [-0.2, -0.15) is 0 Å². The van der Waals surface area contributed by atoms with Crippen LogP contribution in [0, 0.1) is 13.8 Å². The van der Waals surface area contributed by atoms with Gasteiger partial charge in [0.1, 0.15) is 9.84 Å². The first-order chi connectivity index (χ1) is 7.81. The molecule has 1 aromatic carbocycles. The molecule has 0 aliphatic rings. The van der Waals surface area contributed by atoms with E-state index in [1.807, 2.05) is 26.0 Å². The zero-order valence-corrected chi connectivity index (χ0v) is 11.3. The molecule has 3 nitrogen and oxygen atoms in total. The van der Waals surface area contributed by atoms with E-state index >= 15 is 0 Å². The maximum atomic E-state index is 11.9. The van der Waals surface area contributed by atoms with Crippen LogP contribution in [-0.4, -0.2) is 26.2 Å². The smallest absolute Gasteiger partial charge is 0.163 e. The van der Waals surface area contributed by atoms with Gasteiger partial charge in [0, 0.05) is 18.2 Å². The second-order valence-electron chi connectivity index (χ2n) is 4.40. The van der Waals surface area contributed by atoms with Gasteiger partial charge in [0.25, 0.3) is 0 Å². The Morgan fingerprint density at radius 1 is 1.24 bits per heavy atom. The molecule has 1 rings (SSSR count). The molecule has 0 unspecified atom stereocenters.